The van der Waals surface area contributed by atoms with Gasteiger partial charge in [-0.1, -0.05) is 6.07 Å². The van der Waals surface area contributed by atoms with E-state index in [1.807, 2.05) is 0 Å². The molecule has 0 bridgehead atoms. The molecule has 29 heavy (non-hydrogen) atoms. The van der Waals surface area contributed by atoms with E-state index in [0.717, 1.165) is 28.7 Å². The molecule has 6 nitrogen and oxygen atoms in total. The molecule has 5 rings (SSSR count). The SMILES string of the molecule is COc1cc(-c2cc3cc(CN4CCCC4)ccc3[nH]2)c2c(c1O)CNC2=O.Cl. The Bertz CT molecular complexity index is 1090. The van der Waals surface area contributed by atoms with Crippen molar-refractivity contribution in [3.05, 3.63) is 47.0 Å². The Labute approximate surface area is 175 Å². The Morgan fingerprint density at radius 3 is 2.72 bits per heavy atom. The zero-order valence-corrected chi connectivity index (χ0v) is 17.1. The molecule has 3 aromatic rings. The van der Waals surface area contributed by atoms with Crippen LogP contribution < -0.4 is 10.1 Å². The van der Waals surface area contributed by atoms with E-state index in [4.69, 9.17) is 4.74 Å². The molecule has 1 saturated heterocycles. The van der Waals surface area contributed by atoms with Crippen molar-refractivity contribution in [2.75, 3.05) is 20.2 Å². The molecule has 7 heteroatoms. The third-order valence-corrected chi connectivity index (χ3v) is 5.82. The number of nitrogens with zero attached hydrogens (tertiary/aromatic N) is 1. The fourth-order valence-corrected chi connectivity index (χ4v) is 4.38. The lowest BCUT2D eigenvalue weighted by molar-refractivity contribution is 0.0966. The first-order valence-electron chi connectivity index (χ1n) is 9.69. The number of H-pyrrole nitrogens is 1. The molecule has 0 aliphatic carbocycles. The number of phenols is 1. The van der Waals surface area contributed by atoms with Crippen molar-refractivity contribution < 1.29 is 14.6 Å². The number of aromatic amines is 1. The Balaban J connectivity index is 0.00000205. The summed E-state index contributed by atoms with van der Waals surface area (Å²) in [6.07, 6.45) is 2.57. The van der Waals surface area contributed by atoms with Crippen LogP contribution >= 0.6 is 12.4 Å². The highest BCUT2D eigenvalue weighted by atomic mass is 35.5. The molecule has 2 aliphatic heterocycles. The fraction of sp³-hybridized carbons (Fsp3) is 0.318. The van der Waals surface area contributed by atoms with Crippen LogP contribution in [0.1, 0.15) is 34.3 Å². The number of likely N-dealkylation sites (tertiary alicyclic amines) is 1. The third-order valence-electron chi connectivity index (χ3n) is 5.82. The van der Waals surface area contributed by atoms with E-state index in [9.17, 15) is 9.90 Å². The second-order valence-corrected chi connectivity index (χ2v) is 7.60. The van der Waals surface area contributed by atoms with E-state index in [1.54, 1.807) is 6.07 Å². The maximum atomic E-state index is 12.4. The summed E-state index contributed by atoms with van der Waals surface area (Å²) in [6, 6.07) is 10.3. The van der Waals surface area contributed by atoms with Crippen molar-refractivity contribution in [2.24, 2.45) is 0 Å². The van der Waals surface area contributed by atoms with Gasteiger partial charge in [-0.2, -0.15) is 0 Å². The molecular weight excluding hydrogens is 390 g/mol. The number of rotatable bonds is 4. The molecule has 0 atom stereocenters. The molecule has 0 saturated carbocycles. The number of amides is 1. The maximum Gasteiger partial charge on any atom is 0.252 e. The van der Waals surface area contributed by atoms with Crippen molar-refractivity contribution in [2.45, 2.75) is 25.9 Å². The van der Waals surface area contributed by atoms with Gasteiger partial charge in [-0.3, -0.25) is 9.69 Å². The van der Waals surface area contributed by atoms with Crippen LogP contribution in [0.4, 0.5) is 0 Å². The van der Waals surface area contributed by atoms with Gasteiger partial charge in [-0.15, -0.1) is 12.4 Å². The molecule has 2 aliphatic rings. The number of hydrogen-bond acceptors (Lipinski definition) is 4. The van der Waals surface area contributed by atoms with E-state index in [2.05, 4.69) is 39.5 Å². The molecule has 152 valence electrons. The Hall–Kier alpha value is -2.70. The molecule has 1 amide bonds. The van der Waals surface area contributed by atoms with Gasteiger partial charge in [0.2, 0.25) is 0 Å². The summed E-state index contributed by atoms with van der Waals surface area (Å²) >= 11 is 0. The normalized spacial score (nSPS) is 16.0. The number of aromatic nitrogens is 1. The number of nitrogens with one attached hydrogen (secondary N) is 2. The van der Waals surface area contributed by atoms with Gasteiger partial charge in [0, 0.05) is 40.8 Å². The van der Waals surface area contributed by atoms with E-state index in [-0.39, 0.29) is 24.1 Å². The first kappa shape index (κ1) is 19.6. The molecule has 0 radical (unpaired) electrons. The number of phenolic OH excluding ortho intramolecular Hbond substituents is 1. The van der Waals surface area contributed by atoms with E-state index in [1.165, 1.54) is 38.6 Å². The van der Waals surface area contributed by atoms with Gasteiger partial charge in [-0.05, 0) is 55.8 Å². The number of fused-ring (bicyclic) bond motifs is 2. The quantitative estimate of drug-likeness (QED) is 0.607. The van der Waals surface area contributed by atoms with Gasteiger partial charge in [0.1, 0.15) is 0 Å². The van der Waals surface area contributed by atoms with Crippen molar-refractivity contribution in [1.82, 2.24) is 15.2 Å². The standard InChI is InChI=1S/C22H23N3O3.ClH/c1-28-19-10-15(20-16(21(19)26)11-23-22(20)27)18-9-14-8-13(4-5-17(14)24-18)12-25-6-2-3-7-25;/h4-5,8-10,24,26H,2-3,6-7,11-12H2,1H3,(H,23,27);1H. The minimum atomic E-state index is -0.170. The molecule has 2 aromatic carbocycles. The van der Waals surface area contributed by atoms with Gasteiger partial charge >= 0.3 is 0 Å². The van der Waals surface area contributed by atoms with E-state index >= 15 is 0 Å². The molecule has 1 fully saturated rings. The van der Waals surface area contributed by atoms with Crippen LogP contribution in [0.25, 0.3) is 22.2 Å². The molecule has 0 unspecified atom stereocenters. The minimum Gasteiger partial charge on any atom is -0.504 e. The summed E-state index contributed by atoms with van der Waals surface area (Å²) in [4.78, 5) is 18.3. The first-order valence-corrected chi connectivity index (χ1v) is 9.69. The lowest BCUT2D eigenvalue weighted by atomic mass is 9.98. The number of methoxy groups -OCH3 is 1. The van der Waals surface area contributed by atoms with Crippen molar-refractivity contribution in [1.29, 1.82) is 0 Å². The largest absolute Gasteiger partial charge is 0.504 e. The molecule has 3 N–H and O–H groups in total. The van der Waals surface area contributed by atoms with Crippen LogP contribution in [0, 0.1) is 0 Å². The third kappa shape index (κ3) is 3.32. The first-order chi connectivity index (χ1) is 13.6. The van der Waals surface area contributed by atoms with Crippen LogP contribution in [-0.4, -0.2) is 41.1 Å². The highest BCUT2D eigenvalue weighted by molar-refractivity contribution is 6.06. The summed E-state index contributed by atoms with van der Waals surface area (Å²) < 4.78 is 5.33. The van der Waals surface area contributed by atoms with E-state index < -0.39 is 0 Å². The zero-order chi connectivity index (χ0) is 19.3. The second kappa shape index (κ2) is 7.61. The lowest BCUT2D eigenvalue weighted by Gasteiger charge is -2.14. The second-order valence-electron chi connectivity index (χ2n) is 7.60. The molecule has 0 spiro atoms. The smallest absolute Gasteiger partial charge is 0.252 e. The topological polar surface area (TPSA) is 77.6 Å². The number of ether oxygens (including phenoxy) is 1. The average molecular weight is 414 g/mol. The molecule has 3 heterocycles. The number of halogens is 1. The Kier molecular flexibility index (Phi) is 5.15. The Morgan fingerprint density at radius 1 is 1.17 bits per heavy atom. The van der Waals surface area contributed by atoms with Gasteiger partial charge in [-0.25, -0.2) is 0 Å². The van der Waals surface area contributed by atoms with Crippen LogP contribution in [0.15, 0.2) is 30.3 Å². The average Bonchev–Trinajstić information content (AvgIpc) is 3.42. The number of carbonyl (C=O) groups is 1. The number of hydrogen-bond donors (Lipinski definition) is 3. The lowest BCUT2D eigenvalue weighted by Crippen LogP contribution is -2.18. The van der Waals surface area contributed by atoms with Crippen molar-refractivity contribution in [3.63, 3.8) is 0 Å². The highest BCUT2D eigenvalue weighted by Gasteiger charge is 2.29. The maximum absolute atomic E-state index is 12.4. The number of carbonyl (C=O) groups excluding carboxylic acids is 1. The monoisotopic (exact) mass is 413 g/mol. The van der Waals surface area contributed by atoms with E-state index in [0.29, 0.717) is 23.4 Å². The van der Waals surface area contributed by atoms with Crippen molar-refractivity contribution >= 4 is 29.2 Å². The van der Waals surface area contributed by atoms with Crippen LogP contribution in [-0.2, 0) is 13.1 Å². The van der Waals surface area contributed by atoms with Crippen LogP contribution in [0.3, 0.4) is 0 Å². The molecule has 1 aromatic heterocycles. The minimum absolute atomic E-state index is 0. The predicted octanol–water partition coefficient (Wildman–Crippen LogP) is 3.81. The van der Waals surface area contributed by atoms with Gasteiger partial charge in [0.05, 0.1) is 12.7 Å². The van der Waals surface area contributed by atoms with Gasteiger partial charge in [0.25, 0.3) is 5.91 Å². The zero-order valence-electron chi connectivity index (χ0n) is 16.2. The van der Waals surface area contributed by atoms with Crippen LogP contribution in [0.5, 0.6) is 11.5 Å². The Morgan fingerprint density at radius 2 is 1.97 bits per heavy atom. The summed E-state index contributed by atoms with van der Waals surface area (Å²) in [5.74, 6) is 0.235. The van der Waals surface area contributed by atoms with Crippen molar-refractivity contribution in [3.8, 4) is 22.8 Å². The predicted molar refractivity (Wildman–Crippen MR) is 115 cm³/mol. The van der Waals surface area contributed by atoms with Crippen LogP contribution in [0.2, 0.25) is 0 Å². The van der Waals surface area contributed by atoms with Gasteiger partial charge < -0.3 is 20.1 Å². The van der Waals surface area contributed by atoms with Gasteiger partial charge in [0.15, 0.2) is 11.5 Å². The number of aromatic hydroxyl groups is 1. The summed E-state index contributed by atoms with van der Waals surface area (Å²) in [5, 5.41) is 14.3. The molecular formula is C22H24ClN3O3. The number of benzene rings is 2. The summed E-state index contributed by atoms with van der Waals surface area (Å²) in [5.41, 5.74) is 5.03. The summed E-state index contributed by atoms with van der Waals surface area (Å²) in [6.45, 7) is 3.63. The summed E-state index contributed by atoms with van der Waals surface area (Å²) in [7, 11) is 1.52. The fourth-order valence-electron chi connectivity index (χ4n) is 4.38. The highest BCUT2D eigenvalue weighted by Crippen LogP contribution is 2.41.